The van der Waals surface area contributed by atoms with Crippen molar-refractivity contribution in [1.29, 1.82) is 0 Å². The molecule has 0 aliphatic carbocycles. The molecule has 0 saturated carbocycles. The second-order valence-corrected chi connectivity index (χ2v) is 5.87. The number of anilines is 1. The molecule has 2 aromatic rings. The molecule has 0 aliphatic rings. The monoisotopic (exact) mass is 381 g/mol. The summed E-state index contributed by atoms with van der Waals surface area (Å²) in [6, 6.07) is 8.55. The van der Waals surface area contributed by atoms with Crippen molar-refractivity contribution >= 4 is 17.6 Å². The minimum absolute atomic E-state index is 0.459. The standard InChI is InChI=1S/C19H18F3NO4/c1-10-5-4-6-13(9-10)26-12(3)19(25)27-11(2)18(24)23-15-8-7-14(20)16(21)17(15)22/h4-9,11-12H,1-3H3,(H,23,24)/t11-,12-/m1/s1. The van der Waals surface area contributed by atoms with E-state index >= 15 is 0 Å². The van der Waals surface area contributed by atoms with E-state index in [0.29, 0.717) is 11.8 Å². The molecule has 0 saturated heterocycles. The topological polar surface area (TPSA) is 64.6 Å². The molecule has 144 valence electrons. The highest BCUT2D eigenvalue weighted by Gasteiger charge is 2.24. The van der Waals surface area contributed by atoms with E-state index in [-0.39, 0.29) is 0 Å². The lowest BCUT2D eigenvalue weighted by Crippen LogP contribution is -2.35. The van der Waals surface area contributed by atoms with Crippen molar-refractivity contribution in [2.45, 2.75) is 33.0 Å². The molecule has 2 aromatic carbocycles. The van der Waals surface area contributed by atoms with Gasteiger partial charge in [-0.15, -0.1) is 0 Å². The van der Waals surface area contributed by atoms with Gasteiger partial charge in [0, 0.05) is 0 Å². The van der Waals surface area contributed by atoms with Crippen LogP contribution in [-0.2, 0) is 14.3 Å². The maximum atomic E-state index is 13.6. The smallest absolute Gasteiger partial charge is 0.347 e. The molecule has 2 atom stereocenters. The zero-order chi connectivity index (χ0) is 20.1. The van der Waals surface area contributed by atoms with E-state index in [1.54, 1.807) is 18.2 Å². The summed E-state index contributed by atoms with van der Waals surface area (Å²) in [5, 5.41) is 2.04. The second kappa shape index (κ2) is 8.57. The maximum absolute atomic E-state index is 13.6. The zero-order valence-electron chi connectivity index (χ0n) is 14.9. The van der Waals surface area contributed by atoms with Crippen LogP contribution >= 0.6 is 0 Å². The predicted molar refractivity (Wildman–Crippen MR) is 91.8 cm³/mol. The molecule has 5 nitrogen and oxygen atoms in total. The molecule has 0 radical (unpaired) electrons. The Hall–Kier alpha value is -3.03. The lowest BCUT2D eigenvalue weighted by Gasteiger charge is -2.18. The Balaban J connectivity index is 1.95. The Morgan fingerprint density at radius 1 is 1.00 bits per heavy atom. The normalized spacial score (nSPS) is 12.8. The molecule has 27 heavy (non-hydrogen) atoms. The number of aryl methyl sites for hydroxylation is 1. The molecule has 0 heterocycles. The Labute approximate surface area is 154 Å². The highest BCUT2D eigenvalue weighted by atomic mass is 19.2. The number of benzene rings is 2. The van der Waals surface area contributed by atoms with Crippen LogP contribution in [0.1, 0.15) is 19.4 Å². The third-order valence-corrected chi connectivity index (χ3v) is 3.59. The lowest BCUT2D eigenvalue weighted by molar-refractivity contribution is -0.159. The van der Waals surface area contributed by atoms with E-state index in [1.165, 1.54) is 13.8 Å². The molecule has 0 unspecified atom stereocenters. The summed E-state index contributed by atoms with van der Waals surface area (Å²) >= 11 is 0. The summed E-state index contributed by atoms with van der Waals surface area (Å²) in [6.45, 7) is 4.56. The molecule has 2 rings (SSSR count). The molecule has 1 amide bonds. The molecular formula is C19H18F3NO4. The Bertz CT molecular complexity index is 857. The van der Waals surface area contributed by atoms with Crippen molar-refractivity contribution in [1.82, 2.24) is 0 Å². The van der Waals surface area contributed by atoms with E-state index in [1.807, 2.05) is 18.3 Å². The number of carbonyl (C=O) groups excluding carboxylic acids is 2. The SMILES string of the molecule is Cc1cccc(O[C@H](C)C(=O)O[C@H](C)C(=O)Nc2ccc(F)c(F)c2F)c1. The van der Waals surface area contributed by atoms with Gasteiger partial charge in [-0.3, -0.25) is 4.79 Å². The minimum atomic E-state index is -1.71. The van der Waals surface area contributed by atoms with E-state index in [4.69, 9.17) is 9.47 Å². The molecular weight excluding hydrogens is 363 g/mol. The first-order valence-corrected chi connectivity index (χ1v) is 8.07. The van der Waals surface area contributed by atoms with Crippen LogP contribution in [0.5, 0.6) is 5.75 Å². The molecule has 8 heteroatoms. The van der Waals surface area contributed by atoms with Crippen LogP contribution in [0.4, 0.5) is 18.9 Å². The largest absolute Gasteiger partial charge is 0.479 e. The van der Waals surface area contributed by atoms with Crippen molar-refractivity contribution in [3.8, 4) is 5.75 Å². The Kier molecular flexibility index (Phi) is 6.44. The van der Waals surface area contributed by atoms with Gasteiger partial charge >= 0.3 is 5.97 Å². The second-order valence-electron chi connectivity index (χ2n) is 5.87. The van der Waals surface area contributed by atoms with Crippen LogP contribution in [0.3, 0.4) is 0 Å². The predicted octanol–water partition coefficient (Wildman–Crippen LogP) is 3.75. The number of hydrogen-bond donors (Lipinski definition) is 1. The van der Waals surface area contributed by atoms with Crippen LogP contribution in [0.2, 0.25) is 0 Å². The summed E-state index contributed by atoms with van der Waals surface area (Å²) in [6.07, 6.45) is -2.31. The summed E-state index contributed by atoms with van der Waals surface area (Å²) in [5.41, 5.74) is 0.375. The van der Waals surface area contributed by atoms with Gasteiger partial charge in [-0.25, -0.2) is 18.0 Å². The van der Waals surface area contributed by atoms with Crippen LogP contribution < -0.4 is 10.1 Å². The summed E-state index contributed by atoms with van der Waals surface area (Å²) in [4.78, 5) is 24.1. The van der Waals surface area contributed by atoms with E-state index in [9.17, 15) is 22.8 Å². The first kappa shape index (κ1) is 20.3. The average Bonchev–Trinajstić information content (AvgIpc) is 2.62. The highest BCUT2D eigenvalue weighted by Crippen LogP contribution is 2.20. The third kappa shape index (κ3) is 5.22. The van der Waals surface area contributed by atoms with Gasteiger partial charge in [-0.1, -0.05) is 12.1 Å². The number of esters is 1. The van der Waals surface area contributed by atoms with Gasteiger partial charge in [0.05, 0.1) is 5.69 Å². The summed E-state index contributed by atoms with van der Waals surface area (Å²) in [5.74, 6) is -5.90. The molecule has 0 bridgehead atoms. The lowest BCUT2D eigenvalue weighted by atomic mass is 10.2. The van der Waals surface area contributed by atoms with E-state index < -0.39 is 47.2 Å². The van der Waals surface area contributed by atoms with Crippen molar-refractivity contribution < 1.29 is 32.2 Å². The fourth-order valence-electron chi connectivity index (χ4n) is 2.12. The molecule has 0 fully saturated rings. The number of hydrogen-bond acceptors (Lipinski definition) is 4. The van der Waals surface area contributed by atoms with E-state index in [2.05, 4.69) is 0 Å². The quantitative estimate of drug-likeness (QED) is 0.611. The molecule has 0 spiro atoms. The number of ether oxygens (including phenoxy) is 2. The molecule has 0 aromatic heterocycles. The van der Waals surface area contributed by atoms with Gasteiger partial charge < -0.3 is 14.8 Å². The fourth-order valence-corrected chi connectivity index (χ4v) is 2.12. The fraction of sp³-hybridized carbons (Fsp3) is 0.263. The van der Waals surface area contributed by atoms with Crippen LogP contribution in [0, 0.1) is 24.4 Å². The van der Waals surface area contributed by atoms with Gasteiger partial charge in [-0.05, 0) is 50.6 Å². The number of nitrogens with one attached hydrogen (secondary N) is 1. The highest BCUT2D eigenvalue weighted by molar-refractivity contribution is 5.95. The summed E-state index contributed by atoms with van der Waals surface area (Å²) < 4.78 is 50.1. The van der Waals surface area contributed by atoms with Crippen molar-refractivity contribution in [2.75, 3.05) is 5.32 Å². The van der Waals surface area contributed by atoms with E-state index in [0.717, 1.165) is 11.6 Å². The first-order chi connectivity index (χ1) is 12.7. The van der Waals surface area contributed by atoms with Crippen molar-refractivity contribution in [3.05, 3.63) is 59.4 Å². The minimum Gasteiger partial charge on any atom is -0.479 e. The van der Waals surface area contributed by atoms with Crippen LogP contribution in [0.15, 0.2) is 36.4 Å². The average molecular weight is 381 g/mol. The number of rotatable bonds is 6. The molecule has 1 N–H and O–H groups in total. The molecule has 0 aliphatic heterocycles. The van der Waals surface area contributed by atoms with Crippen LogP contribution in [0.25, 0.3) is 0 Å². The first-order valence-electron chi connectivity index (χ1n) is 8.07. The van der Waals surface area contributed by atoms with Gasteiger partial charge in [0.2, 0.25) is 0 Å². The van der Waals surface area contributed by atoms with Gasteiger partial charge in [0.25, 0.3) is 5.91 Å². The van der Waals surface area contributed by atoms with Crippen molar-refractivity contribution in [3.63, 3.8) is 0 Å². The number of carbonyl (C=O) groups is 2. The zero-order valence-corrected chi connectivity index (χ0v) is 14.9. The Morgan fingerprint density at radius 3 is 2.37 bits per heavy atom. The third-order valence-electron chi connectivity index (χ3n) is 3.59. The summed E-state index contributed by atoms with van der Waals surface area (Å²) in [7, 11) is 0. The van der Waals surface area contributed by atoms with Crippen molar-refractivity contribution in [2.24, 2.45) is 0 Å². The number of halogens is 3. The van der Waals surface area contributed by atoms with Gasteiger partial charge in [0.15, 0.2) is 29.7 Å². The maximum Gasteiger partial charge on any atom is 0.347 e. The van der Waals surface area contributed by atoms with Gasteiger partial charge in [0.1, 0.15) is 5.75 Å². The van der Waals surface area contributed by atoms with Gasteiger partial charge in [-0.2, -0.15) is 0 Å². The number of amides is 1. The van der Waals surface area contributed by atoms with Crippen LogP contribution in [-0.4, -0.2) is 24.1 Å². The Morgan fingerprint density at radius 2 is 1.70 bits per heavy atom.